The third-order valence-electron chi connectivity index (χ3n) is 4.56. The van der Waals surface area contributed by atoms with Gasteiger partial charge < -0.3 is 10.4 Å². The number of carboxylic acids is 1. The highest BCUT2D eigenvalue weighted by Gasteiger charge is 2.45. The number of hydrogen-bond acceptors (Lipinski definition) is 2. The van der Waals surface area contributed by atoms with E-state index in [-0.39, 0.29) is 23.8 Å². The van der Waals surface area contributed by atoms with Crippen molar-refractivity contribution in [3.63, 3.8) is 0 Å². The van der Waals surface area contributed by atoms with Crippen molar-refractivity contribution < 1.29 is 14.7 Å². The monoisotopic (exact) mass is 351 g/mol. The molecule has 0 saturated heterocycles. The lowest BCUT2D eigenvalue weighted by Crippen LogP contribution is -2.41. The predicted octanol–water partition coefficient (Wildman–Crippen LogP) is 2.92. The molecule has 2 saturated carbocycles. The summed E-state index contributed by atoms with van der Waals surface area (Å²) in [4.78, 5) is 23.4. The Morgan fingerprint density at radius 1 is 1.24 bits per heavy atom. The van der Waals surface area contributed by atoms with Crippen LogP contribution < -0.4 is 5.32 Å². The van der Waals surface area contributed by atoms with Crippen LogP contribution in [-0.4, -0.2) is 23.0 Å². The molecule has 0 bridgehead atoms. The van der Waals surface area contributed by atoms with Gasteiger partial charge in [0.1, 0.15) is 0 Å². The molecule has 2 aliphatic carbocycles. The van der Waals surface area contributed by atoms with Crippen LogP contribution in [0.3, 0.4) is 0 Å². The summed E-state index contributed by atoms with van der Waals surface area (Å²) in [7, 11) is 0. The topological polar surface area (TPSA) is 66.4 Å². The maximum Gasteiger partial charge on any atom is 0.308 e. The predicted molar refractivity (Wildman–Crippen MR) is 81.9 cm³/mol. The van der Waals surface area contributed by atoms with Crippen molar-refractivity contribution in [1.82, 2.24) is 5.32 Å². The van der Waals surface area contributed by atoms with E-state index in [0.717, 1.165) is 23.7 Å². The molecule has 4 nitrogen and oxygen atoms in total. The Bertz CT molecular complexity index is 574. The molecule has 2 aliphatic rings. The highest BCUT2D eigenvalue weighted by molar-refractivity contribution is 9.10. The summed E-state index contributed by atoms with van der Waals surface area (Å²) in [5, 5.41) is 12.1. The second-order valence-corrected chi connectivity index (χ2v) is 6.91. The molecular weight excluding hydrogens is 334 g/mol. The third-order valence-corrected chi connectivity index (χ3v) is 5.06. The highest BCUT2D eigenvalue weighted by atomic mass is 79.9. The molecule has 0 spiro atoms. The van der Waals surface area contributed by atoms with E-state index < -0.39 is 11.9 Å². The smallest absolute Gasteiger partial charge is 0.308 e. The Labute approximate surface area is 132 Å². The average molecular weight is 352 g/mol. The number of amides is 1. The maximum atomic E-state index is 12.3. The first-order valence-corrected chi connectivity index (χ1v) is 8.14. The second kappa shape index (κ2) is 5.79. The molecule has 2 fully saturated rings. The first-order chi connectivity index (χ1) is 10.1. The van der Waals surface area contributed by atoms with Gasteiger partial charge in [0.05, 0.1) is 5.92 Å². The summed E-state index contributed by atoms with van der Waals surface area (Å²) in [6, 6.07) is 7.84. The van der Waals surface area contributed by atoms with E-state index in [1.165, 1.54) is 5.56 Å². The lowest BCUT2D eigenvalue weighted by molar-refractivity contribution is -0.142. The number of benzene rings is 1. The maximum absolute atomic E-state index is 12.3. The summed E-state index contributed by atoms with van der Waals surface area (Å²) >= 11 is 3.44. The molecule has 0 radical (unpaired) electrons. The Morgan fingerprint density at radius 3 is 2.76 bits per heavy atom. The standard InChI is InChI=1S/C16H18BrNO3/c17-10-4-1-3-9(7-10)12-8-13(12)15(19)18-14-6-2-5-11(14)16(20)21/h1,3-4,7,11-14H,2,5-6,8H2,(H,18,19)(H,20,21)/t11-,12?,13?,14+/m1/s1. The molecule has 0 aliphatic heterocycles. The van der Waals surface area contributed by atoms with Crippen LogP contribution in [0.5, 0.6) is 0 Å². The first kappa shape index (κ1) is 14.6. The number of carbonyl (C=O) groups excluding carboxylic acids is 1. The molecule has 1 amide bonds. The largest absolute Gasteiger partial charge is 0.481 e. The summed E-state index contributed by atoms with van der Waals surface area (Å²) in [6.07, 6.45) is 3.17. The van der Waals surface area contributed by atoms with Crippen molar-refractivity contribution in [2.24, 2.45) is 11.8 Å². The van der Waals surface area contributed by atoms with Gasteiger partial charge in [-0.25, -0.2) is 0 Å². The SMILES string of the molecule is O=C(N[C@H]1CCC[C@H]1C(=O)O)C1CC1c1cccc(Br)c1. The fraction of sp³-hybridized carbons (Fsp3) is 0.500. The zero-order valence-electron chi connectivity index (χ0n) is 11.6. The van der Waals surface area contributed by atoms with Crippen molar-refractivity contribution >= 4 is 27.8 Å². The van der Waals surface area contributed by atoms with Crippen molar-refractivity contribution in [2.45, 2.75) is 37.6 Å². The lowest BCUT2D eigenvalue weighted by Gasteiger charge is -2.17. The van der Waals surface area contributed by atoms with Crippen LogP contribution in [0.4, 0.5) is 0 Å². The van der Waals surface area contributed by atoms with Gasteiger partial charge in [0.25, 0.3) is 0 Å². The molecule has 2 unspecified atom stereocenters. The molecule has 1 aromatic rings. The van der Waals surface area contributed by atoms with E-state index in [1.807, 2.05) is 24.3 Å². The number of nitrogens with one attached hydrogen (secondary N) is 1. The Morgan fingerprint density at radius 2 is 2.05 bits per heavy atom. The summed E-state index contributed by atoms with van der Waals surface area (Å²) in [5.74, 6) is -0.936. The van der Waals surface area contributed by atoms with Gasteiger partial charge in [-0.3, -0.25) is 9.59 Å². The van der Waals surface area contributed by atoms with Crippen LogP contribution >= 0.6 is 15.9 Å². The van der Waals surface area contributed by atoms with Gasteiger partial charge in [-0.1, -0.05) is 34.5 Å². The van der Waals surface area contributed by atoms with Crippen LogP contribution in [0.15, 0.2) is 28.7 Å². The zero-order chi connectivity index (χ0) is 15.0. The van der Waals surface area contributed by atoms with Crippen LogP contribution in [-0.2, 0) is 9.59 Å². The number of rotatable bonds is 4. The van der Waals surface area contributed by atoms with E-state index in [2.05, 4.69) is 21.2 Å². The van der Waals surface area contributed by atoms with E-state index >= 15 is 0 Å². The fourth-order valence-electron chi connectivity index (χ4n) is 3.31. The number of carbonyl (C=O) groups is 2. The van der Waals surface area contributed by atoms with E-state index in [0.29, 0.717) is 6.42 Å². The number of carboxylic acid groups (broad SMARTS) is 1. The van der Waals surface area contributed by atoms with Crippen LogP contribution in [0, 0.1) is 11.8 Å². The molecule has 3 rings (SSSR count). The molecule has 21 heavy (non-hydrogen) atoms. The molecule has 0 aromatic heterocycles. The quantitative estimate of drug-likeness (QED) is 0.876. The minimum Gasteiger partial charge on any atom is -0.481 e. The van der Waals surface area contributed by atoms with E-state index in [4.69, 9.17) is 5.11 Å². The average Bonchev–Trinajstić information content (AvgIpc) is 3.11. The van der Waals surface area contributed by atoms with Crippen LogP contribution in [0.25, 0.3) is 0 Å². The Balaban J connectivity index is 1.59. The highest BCUT2D eigenvalue weighted by Crippen LogP contribution is 2.48. The normalized spacial score (nSPS) is 30.9. The number of aliphatic carboxylic acids is 1. The fourth-order valence-corrected chi connectivity index (χ4v) is 3.73. The summed E-state index contributed by atoms with van der Waals surface area (Å²) < 4.78 is 1.02. The molecule has 4 atom stereocenters. The number of hydrogen-bond donors (Lipinski definition) is 2. The molecule has 0 heterocycles. The van der Waals surface area contributed by atoms with Gasteiger partial charge in [0.15, 0.2) is 0 Å². The van der Waals surface area contributed by atoms with Crippen molar-refractivity contribution in [3.05, 3.63) is 34.3 Å². The zero-order valence-corrected chi connectivity index (χ0v) is 13.2. The third kappa shape index (κ3) is 3.12. The minimum atomic E-state index is -0.794. The van der Waals surface area contributed by atoms with Crippen molar-refractivity contribution in [1.29, 1.82) is 0 Å². The Kier molecular flexibility index (Phi) is 4.02. The van der Waals surface area contributed by atoms with E-state index in [1.54, 1.807) is 0 Å². The summed E-state index contributed by atoms with van der Waals surface area (Å²) in [5.41, 5.74) is 1.17. The minimum absolute atomic E-state index is 0.00524. The van der Waals surface area contributed by atoms with Gasteiger partial charge >= 0.3 is 5.97 Å². The Hall–Kier alpha value is -1.36. The van der Waals surface area contributed by atoms with Crippen LogP contribution in [0.2, 0.25) is 0 Å². The molecular formula is C16H18BrNO3. The van der Waals surface area contributed by atoms with Gasteiger partial charge in [-0.15, -0.1) is 0 Å². The van der Waals surface area contributed by atoms with E-state index in [9.17, 15) is 9.59 Å². The lowest BCUT2D eigenvalue weighted by atomic mass is 10.0. The van der Waals surface area contributed by atoms with Crippen LogP contribution in [0.1, 0.15) is 37.2 Å². The van der Waals surface area contributed by atoms with Gasteiger partial charge in [-0.2, -0.15) is 0 Å². The molecule has 112 valence electrons. The van der Waals surface area contributed by atoms with Crippen molar-refractivity contribution in [2.75, 3.05) is 0 Å². The van der Waals surface area contributed by atoms with Gasteiger partial charge in [-0.05, 0) is 42.9 Å². The second-order valence-electron chi connectivity index (χ2n) is 5.99. The molecule has 5 heteroatoms. The molecule has 2 N–H and O–H groups in total. The van der Waals surface area contributed by atoms with Gasteiger partial charge in [0.2, 0.25) is 5.91 Å². The van der Waals surface area contributed by atoms with Crippen molar-refractivity contribution in [3.8, 4) is 0 Å². The number of halogens is 1. The molecule has 1 aromatic carbocycles. The summed E-state index contributed by atoms with van der Waals surface area (Å²) in [6.45, 7) is 0. The first-order valence-electron chi connectivity index (χ1n) is 7.35. The van der Waals surface area contributed by atoms with Gasteiger partial charge in [0, 0.05) is 16.4 Å².